The summed E-state index contributed by atoms with van der Waals surface area (Å²) in [5, 5.41) is 0. The van der Waals surface area contributed by atoms with Gasteiger partial charge in [-0.1, -0.05) is 48.9 Å². The van der Waals surface area contributed by atoms with E-state index in [1.807, 2.05) is 23.5 Å². The smallest absolute Gasteiger partial charge is 0.108 e. The topological polar surface area (TPSA) is 24.9 Å². The van der Waals surface area contributed by atoms with E-state index in [9.17, 15) is 0 Å². The van der Waals surface area contributed by atoms with Crippen LogP contribution >= 0.6 is 72.4 Å². The fraction of sp³-hybridized carbons (Fsp3) is 0.724. The third-order valence-electron chi connectivity index (χ3n) is 7.99. The van der Waals surface area contributed by atoms with Crippen LogP contribution in [0.2, 0.25) is 0 Å². The zero-order valence-corrected chi connectivity index (χ0v) is 28.6. The lowest BCUT2D eigenvalue weighted by molar-refractivity contribution is 0.0738. The molecule has 4 rings (SSSR count). The molecule has 2 saturated heterocycles. The maximum Gasteiger partial charge on any atom is 0.108 e. The van der Waals surface area contributed by atoms with Crippen molar-refractivity contribution in [2.75, 3.05) is 37.9 Å². The highest BCUT2D eigenvalue weighted by atomic mass is 32.2. The number of ether oxygens (including phenoxy) is 2. The molecule has 0 N–H and O–H groups in total. The molecule has 10 heteroatoms. The summed E-state index contributed by atoms with van der Waals surface area (Å²) in [4.78, 5) is 10.9. The highest BCUT2D eigenvalue weighted by molar-refractivity contribution is 8.03. The zero-order chi connectivity index (χ0) is 28.2. The minimum atomic E-state index is -0.0972. The highest BCUT2D eigenvalue weighted by Gasteiger charge is 2.41. The van der Waals surface area contributed by atoms with Crippen molar-refractivity contribution >= 4 is 92.3 Å². The van der Waals surface area contributed by atoms with Gasteiger partial charge >= 0.3 is 0 Å². The van der Waals surface area contributed by atoms with Crippen molar-refractivity contribution in [2.24, 2.45) is 11.8 Å². The molecule has 0 aromatic carbocycles. The Morgan fingerprint density at radius 3 is 1.49 bits per heavy atom. The van der Waals surface area contributed by atoms with Crippen LogP contribution < -0.4 is 0 Å². The standard InChI is InChI=1S/C29H42N2O2S6/c1-28(2,30-24(34)18-22-20(26(30)36)8-16-38-22)10-5-12-32-14-7-15-33-13-6-11-29(3,4)31-25(35)19-23-21(27(31)37)9-17-39-23/h18-21H,5-17H2,1-4H3. The second-order valence-corrected chi connectivity index (χ2v) is 15.9. The van der Waals surface area contributed by atoms with E-state index in [4.69, 9.17) is 58.3 Å². The van der Waals surface area contributed by atoms with E-state index in [0.717, 1.165) is 103 Å². The molecule has 0 aliphatic carbocycles. The van der Waals surface area contributed by atoms with Gasteiger partial charge in [-0.15, -0.1) is 23.5 Å². The van der Waals surface area contributed by atoms with Crippen LogP contribution in [0.3, 0.4) is 0 Å². The molecule has 4 nitrogen and oxygen atoms in total. The van der Waals surface area contributed by atoms with Crippen LogP contribution in [0, 0.1) is 11.8 Å². The molecule has 0 radical (unpaired) electrons. The second-order valence-electron chi connectivity index (χ2n) is 11.9. The molecule has 0 spiro atoms. The Hall–Kier alpha value is 0.0600. The van der Waals surface area contributed by atoms with Gasteiger partial charge in [0.05, 0.1) is 9.98 Å². The zero-order valence-electron chi connectivity index (χ0n) is 23.7. The number of thiocarbonyl (C=S) groups is 4. The van der Waals surface area contributed by atoms with E-state index >= 15 is 0 Å². The summed E-state index contributed by atoms with van der Waals surface area (Å²) in [5.74, 6) is 3.05. The molecule has 216 valence electrons. The fourth-order valence-corrected chi connectivity index (χ4v) is 10.8. The minimum Gasteiger partial charge on any atom is -0.381 e. The van der Waals surface area contributed by atoms with Crippen LogP contribution in [0.1, 0.15) is 72.6 Å². The molecule has 4 aliphatic rings. The van der Waals surface area contributed by atoms with Gasteiger partial charge in [-0.25, -0.2) is 0 Å². The minimum absolute atomic E-state index is 0.0972. The predicted octanol–water partition coefficient (Wildman–Crippen LogP) is 7.74. The first-order chi connectivity index (χ1) is 18.5. The number of hydrogen-bond donors (Lipinski definition) is 0. The van der Waals surface area contributed by atoms with Crippen LogP contribution in [-0.2, 0) is 9.47 Å². The Balaban J connectivity index is 1.06. The van der Waals surface area contributed by atoms with Gasteiger partial charge in [-0.3, -0.25) is 0 Å². The van der Waals surface area contributed by atoms with Gasteiger partial charge < -0.3 is 19.3 Å². The average Bonchev–Trinajstić information content (AvgIpc) is 3.52. The lowest BCUT2D eigenvalue weighted by Crippen LogP contribution is -2.53. The lowest BCUT2D eigenvalue weighted by Gasteiger charge is -2.44. The molecule has 0 aromatic rings. The summed E-state index contributed by atoms with van der Waals surface area (Å²) in [6.45, 7) is 11.9. The van der Waals surface area contributed by atoms with Gasteiger partial charge in [-0.05, 0) is 106 Å². The Morgan fingerprint density at radius 1 is 0.692 bits per heavy atom. The number of nitrogens with zero attached hydrogens (tertiary/aromatic N) is 2. The van der Waals surface area contributed by atoms with E-state index in [1.165, 1.54) is 9.81 Å². The van der Waals surface area contributed by atoms with E-state index < -0.39 is 0 Å². The Morgan fingerprint density at radius 2 is 1.08 bits per heavy atom. The van der Waals surface area contributed by atoms with Gasteiger partial charge in [0.15, 0.2) is 0 Å². The van der Waals surface area contributed by atoms with E-state index in [0.29, 0.717) is 11.8 Å². The SMILES string of the molecule is CC(C)(CCCOCCCOCCCC(C)(C)N1C(=S)C=C2SCCC2C1=S)N1C(=S)C=C2SCCC2C1=S. The second kappa shape index (κ2) is 14.0. The van der Waals surface area contributed by atoms with Crippen LogP contribution in [0.4, 0.5) is 0 Å². The summed E-state index contributed by atoms with van der Waals surface area (Å²) in [6.07, 6.45) is 11.5. The van der Waals surface area contributed by atoms with Crippen molar-refractivity contribution in [1.29, 1.82) is 0 Å². The summed E-state index contributed by atoms with van der Waals surface area (Å²) in [7, 11) is 0. The average molecular weight is 643 g/mol. The summed E-state index contributed by atoms with van der Waals surface area (Å²) >= 11 is 27.0. The molecule has 0 saturated carbocycles. The molecule has 0 amide bonds. The van der Waals surface area contributed by atoms with E-state index in [2.05, 4.69) is 49.6 Å². The van der Waals surface area contributed by atoms with Gasteiger partial charge in [0.2, 0.25) is 0 Å². The van der Waals surface area contributed by atoms with Gasteiger partial charge in [0.1, 0.15) is 9.98 Å². The van der Waals surface area contributed by atoms with Crippen LogP contribution in [0.5, 0.6) is 0 Å². The van der Waals surface area contributed by atoms with Crippen LogP contribution in [0.15, 0.2) is 22.0 Å². The van der Waals surface area contributed by atoms with Gasteiger partial charge in [0.25, 0.3) is 0 Å². The summed E-state index contributed by atoms with van der Waals surface area (Å²) in [5.41, 5.74) is -0.194. The largest absolute Gasteiger partial charge is 0.381 e. The van der Waals surface area contributed by atoms with Crippen molar-refractivity contribution < 1.29 is 9.47 Å². The van der Waals surface area contributed by atoms with E-state index in [-0.39, 0.29) is 11.1 Å². The maximum atomic E-state index is 5.92. The van der Waals surface area contributed by atoms with Crippen molar-refractivity contribution in [2.45, 2.75) is 83.7 Å². The molecule has 0 bridgehead atoms. The monoisotopic (exact) mass is 642 g/mol. The molecular formula is C29H42N2O2S6. The number of rotatable bonds is 14. The maximum absolute atomic E-state index is 5.92. The van der Waals surface area contributed by atoms with Crippen molar-refractivity contribution in [3.63, 3.8) is 0 Å². The number of hydrogen-bond acceptors (Lipinski definition) is 8. The van der Waals surface area contributed by atoms with Crippen LogP contribution in [-0.4, -0.2) is 78.8 Å². The molecule has 4 aliphatic heterocycles. The molecule has 2 fully saturated rings. The molecule has 39 heavy (non-hydrogen) atoms. The van der Waals surface area contributed by atoms with Crippen molar-refractivity contribution in [1.82, 2.24) is 9.80 Å². The Bertz CT molecular complexity index is 957. The Labute approximate surface area is 265 Å². The van der Waals surface area contributed by atoms with Crippen LogP contribution in [0.25, 0.3) is 0 Å². The number of thioether (sulfide) groups is 2. The normalized spacial score (nSPS) is 23.8. The molecule has 0 aromatic heterocycles. The third-order valence-corrected chi connectivity index (χ3v) is 11.9. The van der Waals surface area contributed by atoms with Crippen molar-refractivity contribution in [3.05, 3.63) is 22.0 Å². The third kappa shape index (κ3) is 7.72. The molecular weight excluding hydrogens is 601 g/mol. The van der Waals surface area contributed by atoms with Gasteiger partial charge in [-0.2, -0.15) is 0 Å². The van der Waals surface area contributed by atoms with Gasteiger partial charge in [0, 0.05) is 49.3 Å². The molecule has 4 heterocycles. The summed E-state index contributed by atoms with van der Waals surface area (Å²) in [6, 6.07) is 0. The highest BCUT2D eigenvalue weighted by Crippen LogP contribution is 2.44. The Kier molecular flexibility index (Phi) is 11.5. The first-order valence-corrected chi connectivity index (χ1v) is 17.7. The predicted molar refractivity (Wildman–Crippen MR) is 184 cm³/mol. The lowest BCUT2D eigenvalue weighted by atomic mass is 9.91. The fourth-order valence-electron chi connectivity index (χ4n) is 5.85. The summed E-state index contributed by atoms with van der Waals surface area (Å²) < 4.78 is 11.8. The number of fused-ring (bicyclic) bond motifs is 2. The first kappa shape index (κ1) is 32.0. The van der Waals surface area contributed by atoms with E-state index in [1.54, 1.807) is 0 Å². The quantitative estimate of drug-likeness (QED) is 0.138. The van der Waals surface area contributed by atoms with Crippen molar-refractivity contribution in [3.8, 4) is 0 Å². The first-order valence-electron chi connectivity index (χ1n) is 14.1. The molecule has 2 atom stereocenters. The molecule has 2 unspecified atom stereocenters.